The van der Waals surface area contributed by atoms with Crippen LogP contribution in [0.5, 0.6) is 0 Å². The molecule has 0 aliphatic heterocycles. The molecule has 2 aromatic rings. The summed E-state index contributed by atoms with van der Waals surface area (Å²) < 4.78 is 12.9. The van der Waals surface area contributed by atoms with E-state index in [0.29, 0.717) is 37.3 Å². The monoisotopic (exact) mass is 343 g/mol. The molecule has 0 spiro atoms. The predicted octanol–water partition coefficient (Wildman–Crippen LogP) is 1.46. The van der Waals surface area contributed by atoms with Crippen molar-refractivity contribution in [2.75, 3.05) is 25.6 Å². The van der Waals surface area contributed by atoms with E-state index in [-0.39, 0.29) is 29.9 Å². The standard InChI is InChI=1S/C14H22ClN5O3/c1-3-22-10(23-4-2)5-9(7-21)6-20-8-17-11-12(15)18-14(16)19-13(11)20/h8-10,21H,3-7H2,1-2H3,(H2,16,18,19). The zero-order valence-electron chi connectivity index (χ0n) is 13.3. The van der Waals surface area contributed by atoms with Gasteiger partial charge in [-0.3, -0.25) is 0 Å². The molecular formula is C14H22ClN5O3. The molecule has 0 radical (unpaired) electrons. The van der Waals surface area contributed by atoms with Gasteiger partial charge in [-0.15, -0.1) is 0 Å². The fourth-order valence-corrected chi connectivity index (χ4v) is 2.59. The summed E-state index contributed by atoms with van der Waals surface area (Å²) in [7, 11) is 0. The number of ether oxygens (including phenoxy) is 2. The number of halogens is 1. The van der Waals surface area contributed by atoms with Crippen LogP contribution >= 0.6 is 11.6 Å². The lowest BCUT2D eigenvalue weighted by Gasteiger charge is -2.22. The lowest BCUT2D eigenvalue weighted by Crippen LogP contribution is -2.25. The maximum atomic E-state index is 9.66. The molecule has 0 amide bonds. The first-order chi connectivity index (χ1) is 11.1. The molecule has 0 saturated carbocycles. The van der Waals surface area contributed by atoms with Crippen molar-refractivity contribution in [2.45, 2.75) is 33.1 Å². The van der Waals surface area contributed by atoms with Gasteiger partial charge >= 0.3 is 0 Å². The van der Waals surface area contributed by atoms with Crippen molar-refractivity contribution in [3.05, 3.63) is 11.5 Å². The van der Waals surface area contributed by atoms with Crippen molar-refractivity contribution < 1.29 is 14.6 Å². The number of aliphatic hydroxyl groups is 1. The Morgan fingerprint density at radius 3 is 2.61 bits per heavy atom. The number of nitrogen functional groups attached to an aromatic ring is 1. The zero-order chi connectivity index (χ0) is 16.8. The summed E-state index contributed by atoms with van der Waals surface area (Å²) in [6.45, 7) is 5.41. The summed E-state index contributed by atoms with van der Waals surface area (Å²) >= 11 is 6.02. The van der Waals surface area contributed by atoms with Gasteiger partial charge in [0, 0.05) is 38.7 Å². The minimum absolute atomic E-state index is 0.00931. The second-order valence-electron chi connectivity index (χ2n) is 5.07. The number of imidazole rings is 1. The Balaban J connectivity index is 2.15. The lowest BCUT2D eigenvalue weighted by molar-refractivity contribution is -0.148. The Morgan fingerprint density at radius 2 is 2.00 bits per heavy atom. The Morgan fingerprint density at radius 1 is 1.30 bits per heavy atom. The second kappa shape index (κ2) is 8.39. The number of fused-ring (bicyclic) bond motifs is 1. The van der Waals surface area contributed by atoms with Crippen LogP contribution in [0.2, 0.25) is 5.15 Å². The van der Waals surface area contributed by atoms with Crippen molar-refractivity contribution in [2.24, 2.45) is 5.92 Å². The number of hydrogen-bond acceptors (Lipinski definition) is 7. The van der Waals surface area contributed by atoms with Gasteiger partial charge in [0.2, 0.25) is 5.95 Å². The van der Waals surface area contributed by atoms with E-state index in [1.54, 1.807) is 10.9 Å². The number of aromatic nitrogens is 4. The number of aliphatic hydroxyl groups excluding tert-OH is 1. The summed E-state index contributed by atoms with van der Waals surface area (Å²) in [5, 5.41) is 9.88. The predicted molar refractivity (Wildman–Crippen MR) is 87.0 cm³/mol. The van der Waals surface area contributed by atoms with Gasteiger partial charge in [-0.05, 0) is 13.8 Å². The van der Waals surface area contributed by atoms with Gasteiger partial charge in [0.1, 0.15) is 5.52 Å². The summed E-state index contributed by atoms with van der Waals surface area (Å²) in [4.78, 5) is 12.3. The molecule has 0 fully saturated rings. The molecule has 9 heteroatoms. The highest BCUT2D eigenvalue weighted by Crippen LogP contribution is 2.21. The largest absolute Gasteiger partial charge is 0.396 e. The van der Waals surface area contributed by atoms with Crippen LogP contribution in [-0.2, 0) is 16.0 Å². The van der Waals surface area contributed by atoms with Gasteiger partial charge in [0.25, 0.3) is 0 Å². The first-order valence-electron chi connectivity index (χ1n) is 7.56. The van der Waals surface area contributed by atoms with E-state index in [9.17, 15) is 5.11 Å². The van der Waals surface area contributed by atoms with Crippen LogP contribution in [0, 0.1) is 5.92 Å². The van der Waals surface area contributed by atoms with Crippen LogP contribution in [0.3, 0.4) is 0 Å². The SMILES string of the molecule is CCOC(CC(CO)Cn1cnc2c(Cl)nc(N)nc21)OCC. The first-order valence-corrected chi connectivity index (χ1v) is 7.94. The molecule has 2 aromatic heterocycles. The Hall–Kier alpha value is -1.48. The molecule has 128 valence electrons. The van der Waals surface area contributed by atoms with Crippen LogP contribution in [-0.4, -0.2) is 50.7 Å². The van der Waals surface area contributed by atoms with Gasteiger partial charge in [-0.25, -0.2) is 4.98 Å². The Labute approximate surface area is 139 Å². The first kappa shape index (κ1) is 17.9. The van der Waals surface area contributed by atoms with Crippen LogP contribution in [0.1, 0.15) is 20.3 Å². The molecule has 0 bridgehead atoms. The Bertz CT molecular complexity index is 630. The summed E-state index contributed by atoms with van der Waals surface area (Å²) in [5.41, 5.74) is 6.67. The molecule has 0 aliphatic rings. The van der Waals surface area contributed by atoms with Crippen LogP contribution in [0.4, 0.5) is 5.95 Å². The number of hydrogen-bond donors (Lipinski definition) is 2. The normalized spacial score (nSPS) is 13.1. The van der Waals surface area contributed by atoms with E-state index in [2.05, 4.69) is 15.0 Å². The van der Waals surface area contributed by atoms with E-state index in [0.717, 1.165) is 0 Å². The maximum absolute atomic E-state index is 9.66. The molecule has 1 unspecified atom stereocenters. The molecule has 0 aliphatic carbocycles. The van der Waals surface area contributed by atoms with Crippen molar-refractivity contribution >= 4 is 28.7 Å². The van der Waals surface area contributed by atoms with E-state index in [1.165, 1.54) is 0 Å². The highest BCUT2D eigenvalue weighted by molar-refractivity contribution is 6.33. The minimum Gasteiger partial charge on any atom is -0.396 e. The summed E-state index contributed by atoms with van der Waals surface area (Å²) in [6.07, 6.45) is 1.83. The molecule has 2 heterocycles. The lowest BCUT2D eigenvalue weighted by atomic mass is 10.1. The molecule has 2 rings (SSSR count). The third-order valence-electron chi connectivity index (χ3n) is 3.38. The van der Waals surface area contributed by atoms with E-state index in [1.807, 2.05) is 13.8 Å². The van der Waals surface area contributed by atoms with Gasteiger partial charge in [0.05, 0.1) is 6.33 Å². The summed E-state index contributed by atoms with van der Waals surface area (Å²) in [6, 6.07) is 0. The van der Waals surface area contributed by atoms with Crippen LogP contribution in [0.15, 0.2) is 6.33 Å². The summed E-state index contributed by atoms with van der Waals surface area (Å²) in [5.74, 6) is 0.0109. The average Bonchev–Trinajstić information content (AvgIpc) is 2.90. The molecule has 8 nitrogen and oxygen atoms in total. The third-order valence-corrected chi connectivity index (χ3v) is 3.65. The van der Waals surface area contributed by atoms with Crippen molar-refractivity contribution in [3.8, 4) is 0 Å². The molecule has 0 aromatic carbocycles. The third kappa shape index (κ3) is 4.51. The molecule has 3 N–H and O–H groups in total. The number of anilines is 1. The van der Waals surface area contributed by atoms with Gasteiger partial charge in [-0.1, -0.05) is 11.6 Å². The highest BCUT2D eigenvalue weighted by Gasteiger charge is 2.19. The van der Waals surface area contributed by atoms with Gasteiger partial charge in [-0.2, -0.15) is 9.97 Å². The Kier molecular flexibility index (Phi) is 6.52. The quantitative estimate of drug-likeness (QED) is 0.524. The fraction of sp³-hybridized carbons (Fsp3) is 0.643. The number of nitrogens with two attached hydrogens (primary N) is 1. The number of nitrogens with zero attached hydrogens (tertiary/aromatic N) is 4. The highest BCUT2D eigenvalue weighted by atomic mass is 35.5. The minimum atomic E-state index is -0.347. The van der Waals surface area contributed by atoms with Crippen molar-refractivity contribution in [1.29, 1.82) is 0 Å². The van der Waals surface area contributed by atoms with E-state index >= 15 is 0 Å². The van der Waals surface area contributed by atoms with Gasteiger partial charge < -0.3 is 24.9 Å². The average molecular weight is 344 g/mol. The molecule has 1 atom stereocenters. The topological polar surface area (TPSA) is 108 Å². The fourth-order valence-electron chi connectivity index (χ4n) is 2.37. The van der Waals surface area contributed by atoms with E-state index < -0.39 is 0 Å². The molecule has 0 saturated heterocycles. The van der Waals surface area contributed by atoms with Crippen LogP contribution in [0.25, 0.3) is 11.2 Å². The maximum Gasteiger partial charge on any atom is 0.223 e. The zero-order valence-corrected chi connectivity index (χ0v) is 14.0. The van der Waals surface area contributed by atoms with Crippen molar-refractivity contribution in [1.82, 2.24) is 19.5 Å². The smallest absolute Gasteiger partial charge is 0.223 e. The van der Waals surface area contributed by atoms with Crippen molar-refractivity contribution in [3.63, 3.8) is 0 Å². The number of rotatable bonds is 9. The van der Waals surface area contributed by atoms with E-state index in [4.69, 9.17) is 26.8 Å². The van der Waals surface area contributed by atoms with Gasteiger partial charge in [0.15, 0.2) is 17.1 Å². The van der Waals surface area contributed by atoms with Crippen LogP contribution < -0.4 is 5.73 Å². The molecule has 23 heavy (non-hydrogen) atoms. The second-order valence-corrected chi connectivity index (χ2v) is 5.42. The molecular weight excluding hydrogens is 322 g/mol.